The second kappa shape index (κ2) is 8.90. The number of ether oxygens (including phenoxy) is 2. The molecule has 0 saturated heterocycles. The van der Waals surface area contributed by atoms with Gasteiger partial charge < -0.3 is 14.8 Å². The Morgan fingerprint density at radius 2 is 1.59 bits per heavy atom. The van der Waals surface area contributed by atoms with Crippen molar-refractivity contribution >= 4 is 5.91 Å². The van der Waals surface area contributed by atoms with Crippen LogP contribution in [0.1, 0.15) is 34.5 Å². The highest BCUT2D eigenvalue weighted by molar-refractivity contribution is 5.95. The van der Waals surface area contributed by atoms with Gasteiger partial charge in [0.1, 0.15) is 11.5 Å². The van der Waals surface area contributed by atoms with Gasteiger partial charge in [0.25, 0.3) is 5.91 Å². The number of carbonyl (C=O) groups is 1. The smallest absolute Gasteiger partial charge is 0.252 e. The summed E-state index contributed by atoms with van der Waals surface area (Å²) in [4.78, 5) is 12.9. The summed E-state index contributed by atoms with van der Waals surface area (Å²) in [7, 11) is 1.64. The standard InChI is InChI=1S/C23H23NO3/c1-3-27-21-11-7-10-19(16-21)23(25)24-22(17-8-5-4-6-9-17)18-12-14-20(26-2)15-13-18/h4-16,22H,3H2,1-2H3,(H,24,25). The van der Waals surface area contributed by atoms with Crippen molar-refractivity contribution < 1.29 is 14.3 Å². The molecular weight excluding hydrogens is 338 g/mol. The number of benzene rings is 3. The molecule has 0 spiro atoms. The van der Waals surface area contributed by atoms with Crippen LogP contribution in [0, 0.1) is 0 Å². The fraction of sp³-hybridized carbons (Fsp3) is 0.174. The molecule has 0 aliphatic rings. The van der Waals surface area contributed by atoms with E-state index in [0.717, 1.165) is 16.9 Å². The first-order valence-electron chi connectivity index (χ1n) is 8.94. The molecule has 27 heavy (non-hydrogen) atoms. The average molecular weight is 361 g/mol. The first-order valence-corrected chi connectivity index (χ1v) is 8.94. The van der Waals surface area contributed by atoms with Gasteiger partial charge in [-0.05, 0) is 48.4 Å². The molecule has 0 aliphatic carbocycles. The first-order chi connectivity index (χ1) is 13.2. The molecule has 0 fully saturated rings. The number of carbonyl (C=O) groups excluding carboxylic acids is 1. The highest BCUT2D eigenvalue weighted by Crippen LogP contribution is 2.25. The Balaban J connectivity index is 1.89. The Hall–Kier alpha value is -3.27. The second-order valence-corrected chi connectivity index (χ2v) is 6.05. The molecule has 1 unspecified atom stereocenters. The highest BCUT2D eigenvalue weighted by atomic mass is 16.5. The third kappa shape index (κ3) is 4.67. The Labute approximate surface area is 159 Å². The van der Waals surface area contributed by atoms with Crippen LogP contribution in [0.3, 0.4) is 0 Å². The normalized spacial score (nSPS) is 11.5. The largest absolute Gasteiger partial charge is 0.497 e. The summed E-state index contributed by atoms with van der Waals surface area (Å²) >= 11 is 0. The van der Waals surface area contributed by atoms with Crippen molar-refractivity contribution in [3.8, 4) is 11.5 Å². The molecule has 3 rings (SSSR count). The van der Waals surface area contributed by atoms with Crippen LogP contribution >= 0.6 is 0 Å². The number of hydrogen-bond donors (Lipinski definition) is 1. The van der Waals surface area contributed by atoms with E-state index in [2.05, 4.69) is 5.32 Å². The molecule has 1 atom stereocenters. The molecule has 3 aromatic carbocycles. The van der Waals surface area contributed by atoms with E-state index >= 15 is 0 Å². The molecular formula is C23H23NO3. The lowest BCUT2D eigenvalue weighted by Gasteiger charge is -2.20. The molecule has 1 amide bonds. The van der Waals surface area contributed by atoms with Crippen LogP contribution in [0.4, 0.5) is 0 Å². The van der Waals surface area contributed by atoms with Gasteiger partial charge in [0.05, 0.1) is 19.8 Å². The molecule has 3 aromatic rings. The Kier molecular flexibility index (Phi) is 6.10. The fourth-order valence-electron chi connectivity index (χ4n) is 2.91. The number of amides is 1. The van der Waals surface area contributed by atoms with Crippen LogP contribution in [0.25, 0.3) is 0 Å². The Morgan fingerprint density at radius 1 is 0.889 bits per heavy atom. The summed E-state index contributed by atoms with van der Waals surface area (Å²) in [5, 5.41) is 3.14. The molecule has 0 aromatic heterocycles. The van der Waals surface area contributed by atoms with E-state index in [1.807, 2.05) is 73.7 Å². The van der Waals surface area contributed by atoms with Crippen LogP contribution in [0.2, 0.25) is 0 Å². The van der Waals surface area contributed by atoms with Crippen LogP contribution in [-0.2, 0) is 0 Å². The molecule has 138 valence electrons. The molecule has 4 heteroatoms. The summed E-state index contributed by atoms with van der Waals surface area (Å²) < 4.78 is 10.7. The van der Waals surface area contributed by atoms with E-state index in [0.29, 0.717) is 17.9 Å². The lowest BCUT2D eigenvalue weighted by Crippen LogP contribution is -2.29. The van der Waals surface area contributed by atoms with E-state index in [9.17, 15) is 4.79 Å². The summed E-state index contributed by atoms with van der Waals surface area (Å²) in [5.74, 6) is 1.31. The monoisotopic (exact) mass is 361 g/mol. The van der Waals surface area contributed by atoms with E-state index < -0.39 is 0 Å². The maximum atomic E-state index is 12.9. The zero-order valence-corrected chi connectivity index (χ0v) is 15.5. The lowest BCUT2D eigenvalue weighted by molar-refractivity contribution is 0.0942. The maximum absolute atomic E-state index is 12.9. The molecule has 0 heterocycles. The number of hydrogen-bond acceptors (Lipinski definition) is 3. The third-order valence-corrected chi connectivity index (χ3v) is 4.26. The van der Waals surface area contributed by atoms with Gasteiger partial charge in [-0.15, -0.1) is 0 Å². The second-order valence-electron chi connectivity index (χ2n) is 6.05. The molecule has 0 saturated carbocycles. The van der Waals surface area contributed by atoms with Gasteiger partial charge >= 0.3 is 0 Å². The van der Waals surface area contributed by atoms with Gasteiger partial charge in [-0.2, -0.15) is 0 Å². The number of rotatable bonds is 7. The first kappa shape index (κ1) is 18.5. The van der Waals surface area contributed by atoms with Gasteiger partial charge in [0.15, 0.2) is 0 Å². The van der Waals surface area contributed by atoms with E-state index in [-0.39, 0.29) is 11.9 Å². The topological polar surface area (TPSA) is 47.6 Å². The Bertz CT molecular complexity index is 876. The molecule has 0 bridgehead atoms. The quantitative estimate of drug-likeness (QED) is 0.668. The van der Waals surface area contributed by atoms with Crippen molar-refractivity contribution in [2.45, 2.75) is 13.0 Å². The predicted molar refractivity (Wildman–Crippen MR) is 106 cm³/mol. The zero-order chi connectivity index (χ0) is 19.1. The van der Waals surface area contributed by atoms with E-state index in [1.165, 1.54) is 0 Å². The van der Waals surface area contributed by atoms with Crippen LogP contribution < -0.4 is 14.8 Å². The van der Waals surface area contributed by atoms with Gasteiger partial charge in [0.2, 0.25) is 0 Å². The summed E-state index contributed by atoms with van der Waals surface area (Å²) in [6, 6.07) is 24.6. The third-order valence-electron chi connectivity index (χ3n) is 4.26. The number of methoxy groups -OCH3 is 1. The van der Waals surface area contributed by atoms with E-state index in [4.69, 9.17) is 9.47 Å². The van der Waals surface area contributed by atoms with Crippen molar-refractivity contribution in [1.29, 1.82) is 0 Å². The minimum absolute atomic E-state index is 0.152. The zero-order valence-electron chi connectivity index (χ0n) is 15.5. The van der Waals surface area contributed by atoms with Gasteiger partial charge in [-0.1, -0.05) is 48.5 Å². The molecule has 1 N–H and O–H groups in total. The minimum atomic E-state index is -0.264. The molecule has 0 radical (unpaired) electrons. The number of nitrogens with one attached hydrogen (secondary N) is 1. The van der Waals surface area contributed by atoms with Crippen molar-refractivity contribution in [2.75, 3.05) is 13.7 Å². The summed E-state index contributed by atoms with van der Waals surface area (Å²) in [6.45, 7) is 2.48. The average Bonchev–Trinajstić information content (AvgIpc) is 2.73. The predicted octanol–water partition coefficient (Wildman–Crippen LogP) is 4.61. The van der Waals surface area contributed by atoms with Crippen LogP contribution in [0.5, 0.6) is 11.5 Å². The van der Waals surface area contributed by atoms with Crippen molar-refractivity contribution in [2.24, 2.45) is 0 Å². The van der Waals surface area contributed by atoms with Crippen molar-refractivity contribution in [1.82, 2.24) is 5.32 Å². The van der Waals surface area contributed by atoms with Crippen molar-refractivity contribution in [3.63, 3.8) is 0 Å². The van der Waals surface area contributed by atoms with Crippen LogP contribution in [-0.4, -0.2) is 19.6 Å². The van der Waals surface area contributed by atoms with Crippen molar-refractivity contribution in [3.05, 3.63) is 95.6 Å². The summed E-state index contributed by atoms with van der Waals surface area (Å²) in [5.41, 5.74) is 2.56. The Morgan fingerprint density at radius 3 is 2.26 bits per heavy atom. The minimum Gasteiger partial charge on any atom is -0.497 e. The SMILES string of the molecule is CCOc1cccc(C(=O)NC(c2ccccc2)c2ccc(OC)cc2)c1. The molecule has 4 nitrogen and oxygen atoms in total. The van der Waals surface area contributed by atoms with Gasteiger partial charge in [-0.3, -0.25) is 4.79 Å². The van der Waals surface area contributed by atoms with E-state index in [1.54, 1.807) is 19.2 Å². The van der Waals surface area contributed by atoms with Gasteiger partial charge in [-0.25, -0.2) is 0 Å². The highest BCUT2D eigenvalue weighted by Gasteiger charge is 2.18. The lowest BCUT2D eigenvalue weighted by atomic mass is 9.98. The van der Waals surface area contributed by atoms with Gasteiger partial charge in [0, 0.05) is 5.56 Å². The molecule has 0 aliphatic heterocycles. The summed E-state index contributed by atoms with van der Waals surface area (Å²) in [6.07, 6.45) is 0. The maximum Gasteiger partial charge on any atom is 0.252 e. The van der Waals surface area contributed by atoms with Crippen LogP contribution in [0.15, 0.2) is 78.9 Å². The fourth-order valence-corrected chi connectivity index (χ4v) is 2.91.